The third-order valence-electron chi connectivity index (χ3n) is 4.59. The topological polar surface area (TPSA) is 59.8 Å². The summed E-state index contributed by atoms with van der Waals surface area (Å²) in [5.74, 6) is -0.108. The average Bonchev–Trinajstić information content (AvgIpc) is 3.26. The fourth-order valence-corrected chi connectivity index (χ4v) is 4.35. The highest BCUT2D eigenvalue weighted by Gasteiger charge is 2.19. The summed E-state index contributed by atoms with van der Waals surface area (Å²) in [6, 6.07) is 15.1. The third kappa shape index (κ3) is 3.66. The van der Waals surface area contributed by atoms with Crippen molar-refractivity contribution in [2.45, 2.75) is 26.4 Å². The van der Waals surface area contributed by atoms with E-state index in [1.807, 2.05) is 67.1 Å². The molecule has 0 aliphatic rings. The second-order valence-electron chi connectivity index (χ2n) is 6.61. The van der Waals surface area contributed by atoms with Gasteiger partial charge in [-0.25, -0.2) is 0 Å². The highest BCUT2D eigenvalue weighted by atomic mass is 35.5. The molecule has 0 bridgehead atoms. The highest BCUT2D eigenvalue weighted by molar-refractivity contribution is 7.20. The highest BCUT2D eigenvalue weighted by Crippen LogP contribution is 2.30. The van der Waals surface area contributed by atoms with E-state index in [1.165, 1.54) is 11.3 Å². The maximum absolute atomic E-state index is 12.8. The predicted molar refractivity (Wildman–Crippen MR) is 113 cm³/mol. The molecule has 4 aromatic rings. The molecule has 0 fully saturated rings. The molecule has 3 aromatic heterocycles. The van der Waals surface area contributed by atoms with Gasteiger partial charge in [-0.1, -0.05) is 35.9 Å². The van der Waals surface area contributed by atoms with Crippen LogP contribution in [0.1, 0.15) is 39.6 Å². The molecule has 4 rings (SSSR count). The lowest BCUT2D eigenvalue weighted by Gasteiger charge is -2.12. The number of aromatic nitrogens is 3. The molecular formula is C21H19ClN4OS. The Hall–Kier alpha value is -2.70. The molecule has 1 aromatic carbocycles. The number of benzene rings is 1. The van der Waals surface area contributed by atoms with Crippen LogP contribution < -0.4 is 5.32 Å². The summed E-state index contributed by atoms with van der Waals surface area (Å²) in [5.41, 5.74) is 2.73. The largest absolute Gasteiger partial charge is 0.343 e. The van der Waals surface area contributed by atoms with Crippen molar-refractivity contribution in [3.8, 4) is 0 Å². The van der Waals surface area contributed by atoms with Gasteiger partial charge >= 0.3 is 0 Å². The van der Waals surface area contributed by atoms with Gasteiger partial charge in [0.1, 0.15) is 4.83 Å². The standard InChI is InChI=1S/C21H19ClN4OS/c1-13-16-11-19(20(27)24-14(2)18-9-5-6-10-23-18)28-21(16)26(25-13)12-15-7-3-4-8-17(15)22/h3-11,14H,12H2,1-2H3,(H,24,27). The fourth-order valence-electron chi connectivity index (χ4n) is 3.09. The quantitative estimate of drug-likeness (QED) is 0.504. The lowest BCUT2D eigenvalue weighted by molar-refractivity contribution is 0.0943. The first-order valence-corrected chi connectivity index (χ1v) is 10.1. The van der Waals surface area contributed by atoms with Crippen LogP contribution in [0.3, 0.4) is 0 Å². The van der Waals surface area contributed by atoms with Crippen molar-refractivity contribution in [2.75, 3.05) is 0 Å². The van der Waals surface area contributed by atoms with E-state index in [0.29, 0.717) is 16.4 Å². The molecule has 3 heterocycles. The number of nitrogens with zero attached hydrogens (tertiary/aromatic N) is 3. The lowest BCUT2D eigenvalue weighted by Crippen LogP contribution is -2.26. The van der Waals surface area contributed by atoms with E-state index in [4.69, 9.17) is 11.6 Å². The van der Waals surface area contributed by atoms with Gasteiger partial charge in [0.25, 0.3) is 5.91 Å². The molecular weight excluding hydrogens is 392 g/mol. The SMILES string of the molecule is Cc1nn(Cc2ccccc2Cl)c2sc(C(=O)NC(C)c3ccccn3)cc12. The second kappa shape index (κ2) is 7.73. The molecule has 0 saturated carbocycles. The normalized spacial score (nSPS) is 12.2. The number of hydrogen-bond acceptors (Lipinski definition) is 4. The molecule has 0 aliphatic heterocycles. The maximum Gasteiger partial charge on any atom is 0.261 e. The van der Waals surface area contributed by atoms with Gasteiger partial charge in [0.15, 0.2) is 0 Å². The minimum atomic E-state index is -0.167. The van der Waals surface area contributed by atoms with Crippen LogP contribution in [0.5, 0.6) is 0 Å². The molecule has 28 heavy (non-hydrogen) atoms. The fraction of sp³-hybridized carbons (Fsp3) is 0.190. The van der Waals surface area contributed by atoms with Gasteiger partial charge < -0.3 is 5.32 Å². The molecule has 5 nitrogen and oxygen atoms in total. The van der Waals surface area contributed by atoms with Gasteiger partial charge in [-0.15, -0.1) is 11.3 Å². The summed E-state index contributed by atoms with van der Waals surface area (Å²) in [6.07, 6.45) is 1.73. The molecule has 0 radical (unpaired) electrons. The first-order valence-electron chi connectivity index (χ1n) is 8.95. The summed E-state index contributed by atoms with van der Waals surface area (Å²) in [7, 11) is 0. The van der Waals surface area contributed by atoms with Crippen molar-refractivity contribution in [1.82, 2.24) is 20.1 Å². The van der Waals surface area contributed by atoms with Crippen LogP contribution in [0, 0.1) is 6.92 Å². The number of nitrogens with one attached hydrogen (secondary N) is 1. The zero-order valence-corrected chi connectivity index (χ0v) is 17.1. The van der Waals surface area contributed by atoms with Crippen LogP contribution in [0.4, 0.5) is 0 Å². The molecule has 1 atom stereocenters. The molecule has 1 unspecified atom stereocenters. The average molecular weight is 411 g/mol. The van der Waals surface area contributed by atoms with E-state index in [9.17, 15) is 4.79 Å². The minimum absolute atomic E-state index is 0.108. The van der Waals surface area contributed by atoms with E-state index in [1.54, 1.807) is 6.20 Å². The summed E-state index contributed by atoms with van der Waals surface area (Å²) in [4.78, 5) is 18.7. The van der Waals surface area contributed by atoms with E-state index in [2.05, 4.69) is 15.4 Å². The maximum atomic E-state index is 12.8. The Bertz CT molecular complexity index is 1140. The van der Waals surface area contributed by atoms with Crippen LogP contribution in [-0.4, -0.2) is 20.7 Å². The Labute approximate surface area is 172 Å². The number of halogens is 1. The number of fused-ring (bicyclic) bond motifs is 1. The molecule has 142 valence electrons. The van der Waals surface area contributed by atoms with Crippen molar-refractivity contribution < 1.29 is 4.79 Å². The van der Waals surface area contributed by atoms with Crippen LogP contribution in [0.25, 0.3) is 10.2 Å². The van der Waals surface area contributed by atoms with E-state index >= 15 is 0 Å². The van der Waals surface area contributed by atoms with Gasteiger partial charge in [0.05, 0.1) is 28.9 Å². The van der Waals surface area contributed by atoms with Crippen molar-refractivity contribution in [3.05, 3.63) is 81.6 Å². The molecule has 0 aliphatic carbocycles. The number of carbonyl (C=O) groups excluding carboxylic acids is 1. The minimum Gasteiger partial charge on any atom is -0.343 e. The first kappa shape index (κ1) is 18.7. The Balaban J connectivity index is 1.59. The van der Waals surface area contributed by atoms with Crippen LogP contribution >= 0.6 is 22.9 Å². The summed E-state index contributed by atoms with van der Waals surface area (Å²) in [6.45, 7) is 4.45. The Morgan fingerprint density at radius 1 is 1.25 bits per heavy atom. The van der Waals surface area contributed by atoms with Crippen molar-refractivity contribution in [1.29, 1.82) is 0 Å². The number of aryl methyl sites for hydroxylation is 1. The van der Waals surface area contributed by atoms with Crippen LogP contribution in [0.2, 0.25) is 5.02 Å². The van der Waals surface area contributed by atoms with Crippen molar-refractivity contribution in [2.24, 2.45) is 0 Å². The van der Waals surface area contributed by atoms with Gasteiger partial charge in [0, 0.05) is 16.6 Å². The van der Waals surface area contributed by atoms with Gasteiger partial charge in [-0.05, 0) is 43.7 Å². The number of amides is 1. The lowest BCUT2D eigenvalue weighted by atomic mass is 10.2. The Morgan fingerprint density at radius 3 is 2.79 bits per heavy atom. The number of hydrogen-bond donors (Lipinski definition) is 1. The third-order valence-corrected chi connectivity index (χ3v) is 6.10. The Kier molecular flexibility index (Phi) is 5.15. The van der Waals surface area contributed by atoms with Crippen LogP contribution in [-0.2, 0) is 6.54 Å². The number of rotatable bonds is 5. The zero-order chi connectivity index (χ0) is 19.7. The number of pyridine rings is 1. The summed E-state index contributed by atoms with van der Waals surface area (Å²) in [5, 5.41) is 9.34. The zero-order valence-electron chi connectivity index (χ0n) is 15.5. The van der Waals surface area contributed by atoms with E-state index < -0.39 is 0 Å². The van der Waals surface area contributed by atoms with Gasteiger partial charge in [-0.3, -0.25) is 14.5 Å². The van der Waals surface area contributed by atoms with Crippen molar-refractivity contribution in [3.63, 3.8) is 0 Å². The predicted octanol–water partition coefficient (Wildman–Crippen LogP) is 4.99. The molecule has 1 N–H and O–H groups in total. The molecule has 1 amide bonds. The number of carbonyl (C=O) groups is 1. The first-order chi connectivity index (χ1) is 13.5. The van der Waals surface area contributed by atoms with Crippen molar-refractivity contribution >= 4 is 39.1 Å². The monoisotopic (exact) mass is 410 g/mol. The molecule has 0 saturated heterocycles. The van der Waals surface area contributed by atoms with Crippen LogP contribution in [0.15, 0.2) is 54.7 Å². The smallest absolute Gasteiger partial charge is 0.261 e. The van der Waals surface area contributed by atoms with E-state index in [0.717, 1.165) is 27.2 Å². The molecule has 7 heteroatoms. The summed E-state index contributed by atoms with van der Waals surface area (Å²) >= 11 is 7.74. The number of thiophene rings is 1. The Morgan fingerprint density at radius 2 is 2.04 bits per heavy atom. The molecule has 0 spiro atoms. The van der Waals surface area contributed by atoms with Gasteiger partial charge in [0.2, 0.25) is 0 Å². The van der Waals surface area contributed by atoms with E-state index in [-0.39, 0.29) is 11.9 Å². The van der Waals surface area contributed by atoms with Gasteiger partial charge in [-0.2, -0.15) is 5.10 Å². The second-order valence-corrected chi connectivity index (χ2v) is 8.05. The summed E-state index contributed by atoms with van der Waals surface area (Å²) < 4.78 is 1.91.